The smallest absolute Gasteiger partial charge is 0.234 e. The molecule has 116 valence electrons. The third-order valence-electron chi connectivity index (χ3n) is 3.69. The highest BCUT2D eigenvalue weighted by Gasteiger charge is 2.21. The number of amides is 1. The molecule has 0 saturated carbocycles. The van der Waals surface area contributed by atoms with Crippen molar-refractivity contribution in [2.45, 2.75) is 19.4 Å². The van der Waals surface area contributed by atoms with Crippen molar-refractivity contribution < 1.29 is 13.2 Å². The molecule has 1 atom stereocenters. The summed E-state index contributed by atoms with van der Waals surface area (Å²) in [6.45, 7) is 3.30. The van der Waals surface area contributed by atoms with Gasteiger partial charge in [0.1, 0.15) is 0 Å². The van der Waals surface area contributed by atoms with Crippen LogP contribution in [0.3, 0.4) is 0 Å². The minimum absolute atomic E-state index is 0.0468. The monoisotopic (exact) mass is 310 g/mol. The van der Waals surface area contributed by atoms with Gasteiger partial charge in [0.2, 0.25) is 5.91 Å². The Morgan fingerprint density at radius 1 is 1.24 bits per heavy atom. The second-order valence-electron chi connectivity index (χ2n) is 5.48. The molecule has 1 fully saturated rings. The molecule has 1 amide bonds. The molecule has 1 aliphatic heterocycles. The summed E-state index contributed by atoms with van der Waals surface area (Å²) in [7, 11) is -2.93. The van der Waals surface area contributed by atoms with Gasteiger partial charge in [0.25, 0.3) is 0 Å². The number of hydrogen-bond acceptors (Lipinski definition) is 4. The fourth-order valence-electron chi connectivity index (χ4n) is 2.46. The number of benzene rings is 1. The molecule has 0 bridgehead atoms. The minimum Gasteiger partial charge on any atom is -0.348 e. The van der Waals surface area contributed by atoms with Crippen LogP contribution in [0.4, 0.5) is 0 Å². The van der Waals surface area contributed by atoms with Crippen LogP contribution in [0.25, 0.3) is 0 Å². The van der Waals surface area contributed by atoms with Crippen molar-refractivity contribution in [3.8, 4) is 0 Å². The van der Waals surface area contributed by atoms with E-state index in [9.17, 15) is 13.2 Å². The Labute approximate surface area is 126 Å². The topological polar surface area (TPSA) is 66.5 Å². The maximum Gasteiger partial charge on any atom is 0.234 e. The maximum atomic E-state index is 12.1. The molecule has 0 spiro atoms. The summed E-state index contributed by atoms with van der Waals surface area (Å²) >= 11 is 0. The first-order valence-electron chi connectivity index (χ1n) is 7.23. The number of rotatable bonds is 4. The summed E-state index contributed by atoms with van der Waals surface area (Å²) in [5.74, 6) is 0.311. The quantitative estimate of drug-likeness (QED) is 0.900. The van der Waals surface area contributed by atoms with Crippen LogP contribution in [-0.4, -0.2) is 50.4 Å². The molecule has 1 aliphatic rings. The zero-order valence-electron chi connectivity index (χ0n) is 12.3. The molecule has 1 N–H and O–H groups in total. The molecule has 0 radical (unpaired) electrons. The number of sulfone groups is 1. The Bertz CT molecular complexity index is 572. The lowest BCUT2D eigenvalue weighted by molar-refractivity contribution is -0.122. The van der Waals surface area contributed by atoms with Gasteiger partial charge in [0, 0.05) is 6.54 Å². The summed E-state index contributed by atoms with van der Waals surface area (Å²) < 4.78 is 23.1. The third-order valence-corrected chi connectivity index (χ3v) is 5.41. The standard InChI is InChI=1S/C15H22N2O3S/c1-13(14-6-3-2-4-7-14)16-15(18)12-17-8-5-10-21(19,20)11-9-17/h2-4,6-7,13H,5,8-12H2,1H3,(H,16,18)/t13-/m0/s1. The molecular formula is C15H22N2O3S. The first-order valence-corrected chi connectivity index (χ1v) is 9.05. The van der Waals surface area contributed by atoms with Gasteiger partial charge >= 0.3 is 0 Å². The van der Waals surface area contributed by atoms with E-state index in [4.69, 9.17) is 0 Å². The second-order valence-corrected chi connectivity index (χ2v) is 7.79. The normalized spacial score (nSPS) is 20.4. The van der Waals surface area contributed by atoms with Crippen LogP contribution in [-0.2, 0) is 14.6 Å². The van der Waals surface area contributed by atoms with Crippen LogP contribution in [0, 0.1) is 0 Å². The van der Waals surface area contributed by atoms with E-state index in [-0.39, 0.29) is 30.0 Å². The molecule has 1 saturated heterocycles. The van der Waals surface area contributed by atoms with Crippen molar-refractivity contribution in [1.82, 2.24) is 10.2 Å². The van der Waals surface area contributed by atoms with Gasteiger partial charge in [0.15, 0.2) is 9.84 Å². The van der Waals surface area contributed by atoms with Gasteiger partial charge in [-0.3, -0.25) is 9.69 Å². The SMILES string of the molecule is C[C@H](NC(=O)CN1CCCS(=O)(=O)CC1)c1ccccc1. The van der Waals surface area contributed by atoms with Crippen molar-refractivity contribution in [3.63, 3.8) is 0 Å². The van der Waals surface area contributed by atoms with E-state index in [1.807, 2.05) is 42.2 Å². The van der Waals surface area contributed by atoms with E-state index in [1.54, 1.807) is 0 Å². The van der Waals surface area contributed by atoms with Crippen molar-refractivity contribution in [2.75, 3.05) is 31.1 Å². The Hall–Kier alpha value is -1.40. The first-order chi connectivity index (χ1) is 9.96. The van der Waals surface area contributed by atoms with E-state index >= 15 is 0 Å². The van der Waals surface area contributed by atoms with E-state index in [1.165, 1.54) is 0 Å². The summed E-state index contributed by atoms with van der Waals surface area (Å²) in [6, 6.07) is 9.73. The number of carbonyl (C=O) groups is 1. The Morgan fingerprint density at radius 2 is 1.95 bits per heavy atom. The van der Waals surface area contributed by atoms with Gasteiger partial charge < -0.3 is 5.32 Å². The molecule has 6 heteroatoms. The molecule has 0 unspecified atom stereocenters. The molecule has 0 aliphatic carbocycles. The van der Waals surface area contributed by atoms with Crippen LogP contribution >= 0.6 is 0 Å². The fraction of sp³-hybridized carbons (Fsp3) is 0.533. The maximum absolute atomic E-state index is 12.1. The number of nitrogens with one attached hydrogen (secondary N) is 1. The largest absolute Gasteiger partial charge is 0.348 e. The van der Waals surface area contributed by atoms with Crippen LogP contribution in [0.1, 0.15) is 24.9 Å². The summed E-state index contributed by atoms with van der Waals surface area (Å²) in [5, 5.41) is 2.95. The van der Waals surface area contributed by atoms with Crippen LogP contribution in [0.15, 0.2) is 30.3 Å². The highest BCUT2D eigenvalue weighted by molar-refractivity contribution is 7.91. The highest BCUT2D eigenvalue weighted by atomic mass is 32.2. The van der Waals surface area contributed by atoms with Crippen molar-refractivity contribution in [1.29, 1.82) is 0 Å². The molecule has 1 heterocycles. The summed E-state index contributed by atoms with van der Waals surface area (Å²) in [6.07, 6.45) is 0.601. The molecule has 0 aromatic heterocycles. The minimum atomic E-state index is -2.93. The average molecular weight is 310 g/mol. The fourth-order valence-corrected chi connectivity index (χ4v) is 3.77. The lowest BCUT2D eigenvalue weighted by Gasteiger charge is -2.20. The average Bonchev–Trinajstić information content (AvgIpc) is 2.61. The lowest BCUT2D eigenvalue weighted by Crippen LogP contribution is -2.39. The highest BCUT2D eigenvalue weighted by Crippen LogP contribution is 2.11. The molecular weight excluding hydrogens is 288 g/mol. The van der Waals surface area contributed by atoms with Crippen molar-refractivity contribution in [2.24, 2.45) is 0 Å². The van der Waals surface area contributed by atoms with Gasteiger partial charge in [-0.25, -0.2) is 8.42 Å². The first kappa shape index (κ1) is 16.0. The van der Waals surface area contributed by atoms with Gasteiger partial charge in [-0.1, -0.05) is 30.3 Å². The van der Waals surface area contributed by atoms with E-state index in [0.29, 0.717) is 19.5 Å². The van der Waals surface area contributed by atoms with Gasteiger partial charge in [-0.2, -0.15) is 0 Å². The van der Waals surface area contributed by atoms with Crippen molar-refractivity contribution >= 4 is 15.7 Å². The Kier molecular flexibility index (Phi) is 5.36. The number of nitrogens with zero attached hydrogens (tertiary/aromatic N) is 1. The van der Waals surface area contributed by atoms with Crippen LogP contribution in [0.2, 0.25) is 0 Å². The van der Waals surface area contributed by atoms with E-state index in [2.05, 4.69) is 5.32 Å². The molecule has 5 nitrogen and oxygen atoms in total. The zero-order chi connectivity index (χ0) is 15.3. The second kappa shape index (κ2) is 7.04. The molecule has 1 aromatic carbocycles. The van der Waals surface area contributed by atoms with Gasteiger partial charge in [0.05, 0.1) is 24.1 Å². The summed E-state index contributed by atoms with van der Waals surface area (Å²) in [5.41, 5.74) is 1.06. The predicted molar refractivity (Wildman–Crippen MR) is 82.7 cm³/mol. The van der Waals surface area contributed by atoms with Gasteiger partial charge in [-0.15, -0.1) is 0 Å². The Balaban J connectivity index is 1.84. The van der Waals surface area contributed by atoms with E-state index < -0.39 is 9.84 Å². The molecule has 2 rings (SSSR count). The van der Waals surface area contributed by atoms with Crippen LogP contribution < -0.4 is 5.32 Å². The van der Waals surface area contributed by atoms with Crippen molar-refractivity contribution in [3.05, 3.63) is 35.9 Å². The molecule has 1 aromatic rings. The zero-order valence-corrected chi connectivity index (χ0v) is 13.1. The van der Waals surface area contributed by atoms with Gasteiger partial charge in [-0.05, 0) is 25.5 Å². The predicted octanol–water partition coefficient (Wildman–Crippen LogP) is 0.984. The number of hydrogen-bond donors (Lipinski definition) is 1. The number of carbonyl (C=O) groups excluding carboxylic acids is 1. The van der Waals surface area contributed by atoms with Crippen LogP contribution in [0.5, 0.6) is 0 Å². The Morgan fingerprint density at radius 3 is 2.67 bits per heavy atom. The lowest BCUT2D eigenvalue weighted by atomic mass is 10.1. The summed E-state index contributed by atoms with van der Waals surface area (Å²) in [4.78, 5) is 14.0. The third kappa shape index (κ3) is 5.13. The molecule has 21 heavy (non-hydrogen) atoms. The van der Waals surface area contributed by atoms with E-state index in [0.717, 1.165) is 5.56 Å².